The monoisotopic (exact) mass is 350 g/mol. The zero-order valence-electron chi connectivity index (χ0n) is 15.8. The Kier molecular flexibility index (Phi) is 9.39. The summed E-state index contributed by atoms with van der Waals surface area (Å²) >= 11 is 0. The number of aliphatic imine (C=N–C) groups is 1. The number of hydrogen-bond acceptors (Lipinski definition) is 4. The summed E-state index contributed by atoms with van der Waals surface area (Å²) in [5.74, 6) is 1.32. The number of rotatable bonds is 9. The first kappa shape index (κ1) is 20.8. The largest absolute Gasteiger partial charge is 0.484 e. The van der Waals surface area contributed by atoms with Gasteiger partial charge in [-0.05, 0) is 31.5 Å². The van der Waals surface area contributed by atoms with Gasteiger partial charge in [-0.1, -0.05) is 12.1 Å². The van der Waals surface area contributed by atoms with Gasteiger partial charge in [0.2, 0.25) is 0 Å². The Bertz CT molecular complexity index is 561. The summed E-state index contributed by atoms with van der Waals surface area (Å²) in [6, 6.07) is 7.77. The molecule has 0 saturated carbocycles. The van der Waals surface area contributed by atoms with Crippen LogP contribution in [0, 0.1) is 0 Å². The van der Waals surface area contributed by atoms with Crippen molar-refractivity contribution >= 4 is 11.9 Å². The quantitative estimate of drug-likeness (QED) is 0.518. The molecule has 0 radical (unpaired) electrons. The Balaban J connectivity index is 2.67. The second-order valence-electron chi connectivity index (χ2n) is 5.92. The molecule has 1 aromatic carbocycles. The van der Waals surface area contributed by atoms with Gasteiger partial charge < -0.3 is 25.0 Å². The van der Waals surface area contributed by atoms with Crippen LogP contribution in [0.25, 0.3) is 0 Å². The minimum atomic E-state index is -0.0748. The van der Waals surface area contributed by atoms with Crippen LogP contribution in [-0.4, -0.2) is 63.8 Å². The van der Waals surface area contributed by atoms with Crippen molar-refractivity contribution in [2.75, 3.05) is 41.0 Å². The van der Waals surface area contributed by atoms with Crippen LogP contribution >= 0.6 is 0 Å². The highest BCUT2D eigenvalue weighted by atomic mass is 16.5. The van der Waals surface area contributed by atoms with E-state index < -0.39 is 0 Å². The van der Waals surface area contributed by atoms with Gasteiger partial charge in [-0.15, -0.1) is 0 Å². The molecule has 0 aliphatic carbocycles. The number of nitrogens with one attached hydrogen (secondary N) is 2. The molecule has 0 fully saturated rings. The number of amides is 1. The summed E-state index contributed by atoms with van der Waals surface area (Å²) in [4.78, 5) is 17.7. The number of guanidine groups is 1. The fourth-order valence-electron chi connectivity index (χ4n) is 2.02. The Hall–Kier alpha value is -2.28. The van der Waals surface area contributed by atoms with E-state index in [1.54, 1.807) is 21.2 Å². The summed E-state index contributed by atoms with van der Waals surface area (Å²) in [6.07, 6.45) is 0. The van der Waals surface area contributed by atoms with Crippen LogP contribution < -0.4 is 15.4 Å². The van der Waals surface area contributed by atoms with Gasteiger partial charge in [0, 0.05) is 33.8 Å². The van der Waals surface area contributed by atoms with Crippen LogP contribution in [0.1, 0.15) is 19.4 Å². The van der Waals surface area contributed by atoms with Crippen molar-refractivity contribution in [1.82, 2.24) is 15.5 Å². The molecule has 1 atom stereocenters. The van der Waals surface area contributed by atoms with Crippen LogP contribution in [0.3, 0.4) is 0 Å². The fourth-order valence-corrected chi connectivity index (χ4v) is 2.02. The minimum Gasteiger partial charge on any atom is -0.484 e. The average molecular weight is 350 g/mol. The maximum atomic E-state index is 11.6. The summed E-state index contributed by atoms with van der Waals surface area (Å²) in [6.45, 7) is 5.97. The summed E-state index contributed by atoms with van der Waals surface area (Å²) in [5, 5.41) is 6.50. The first-order valence-corrected chi connectivity index (χ1v) is 8.42. The highest BCUT2D eigenvalue weighted by Gasteiger charge is 2.06. The third-order valence-corrected chi connectivity index (χ3v) is 3.32. The van der Waals surface area contributed by atoms with Crippen molar-refractivity contribution in [1.29, 1.82) is 0 Å². The average Bonchev–Trinajstić information content (AvgIpc) is 2.58. The van der Waals surface area contributed by atoms with E-state index in [9.17, 15) is 4.79 Å². The highest BCUT2D eigenvalue weighted by Crippen LogP contribution is 2.14. The predicted molar refractivity (Wildman–Crippen MR) is 99.9 cm³/mol. The molecule has 0 aromatic heterocycles. The smallest absolute Gasteiger partial charge is 0.259 e. The molecule has 1 unspecified atom stereocenters. The molecule has 25 heavy (non-hydrogen) atoms. The van der Waals surface area contributed by atoms with E-state index in [2.05, 4.69) is 15.6 Å². The Labute approximate surface area is 150 Å². The molecule has 1 aromatic rings. The normalized spacial score (nSPS) is 12.4. The summed E-state index contributed by atoms with van der Waals surface area (Å²) in [5.41, 5.74) is 1.01. The van der Waals surface area contributed by atoms with Crippen molar-refractivity contribution in [3.05, 3.63) is 29.8 Å². The molecule has 2 N–H and O–H groups in total. The van der Waals surface area contributed by atoms with E-state index in [-0.39, 0.29) is 18.6 Å². The first-order chi connectivity index (χ1) is 12.0. The predicted octanol–water partition coefficient (Wildman–Crippen LogP) is 1.24. The fraction of sp³-hybridized carbons (Fsp3) is 0.556. The number of hydrogen-bond donors (Lipinski definition) is 2. The number of carbonyl (C=O) groups is 1. The zero-order chi connectivity index (χ0) is 18.7. The van der Waals surface area contributed by atoms with Gasteiger partial charge in [0.25, 0.3) is 5.91 Å². The number of likely N-dealkylation sites (N-methyl/N-ethyl adjacent to an activating group) is 1. The topological polar surface area (TPSA) is 75.2 Å². The molecule has 0 spiro atoms. The summed E-state index contributed by atoms with van der Waals surface area (Å²) in [7, 11) is 5.09. The van der Waals surface area contributed by atoms with Crippen molar-refractivity contribution < 1.29 is 14.3 Å². The third-order valence-electron chi connectivity index (χ3n) is 3.32. The lowest BCUT2D eigenvalue weighted by atomic mass is 10.2. The molecule has 0 aliphatic heterocycles. The molecule has 0 heterocycles. The molecule has 0 saturated heterocycles. The van der Waals surface area contributed by atoms with Crippen molar-refractivity contribution in [2.24, 2.45) is 4.99 Å². The molecular weight excluding hydrogens is 320 g/mol. The van der Waals surface area contributed by atoms with Gasteiger partial charge in [-0.3, -0.25) is 4.79 Å². The van der Waals surface area contributed by atoms with Gasteiger partial charge in [0.05, 0.1) is 13.2 Å². The third kappa shape index (κ3) is 8.39. The Morgan fingerprint density at radius 2 is 2.12 bits per heavy atom. The number of carbonyl (C=O) groups excluding carboxylic acids is 1. The highest BCUT2D eigenvalue weighted by molar-refractivity contribution is 5.80. The Morgan fingerprint density at radius 1 is 1.36 bits per heavy atom. The maximum Gasteiger partial charge on any atom is 0.259 e. The molecule has 0 bridgehead atoms. The lowest BCUT2D eigenvalue weighted by molar-refractivity contribution is -0.130. The van der Waals surface area contributed by atoms with Crippen molar-refractivity contribution in [2.45, 2.75) is 26.4 Å². The van der Waals surface area contributed by atoms with E-state index in [1.807, 2.05) is 38.1 Å². The molecule has 1 rings (SSSR count). The van der Waals surface area contributed by atoms with E-state index >= 15 is 0 Å². The number of benzene rings is 1. The van der Waals surface area contributed by atoms with Crippen LogP contribution in [0.5, 0.6) is 5.75 Å². The molecule has 7 heteroatoms. The van der Waals surface area contributed by atoms with Crippen LogP contribution in [-0.2, 0) is 16.1 Å². The van der Waals surface area contributed by atoms with E-state index in [0.29, 0.717) is 18.9 Å². The standard InChI is InChI=1S/C18H30N4O3/c1-6-19-18(21-14(2)12-24-5)20-11-15-8-7-9-16(10-15)25-13-17(23)22(3)4/h7-10,14H,6,11-13H2,1-5H3,(H2,19,20,21). The molecule has 0 aliphatic rings. The van der Waals surface area contributed by atoms with E-state index in [1.165, 1.54) is 4.90 Å². The molecule has 1 amide bonds. The van der Waals surface area contributed by atoms with Gasteiger partial charge in [0.15, 0.2) is 12.6 Å². The number of ether oxygens (including phenoxy) is 2. The van der Waals surface area contributed by atoms with Gasteiger partial charge in [-0.2, -0.15) is 0 Å². The van der Waals surface area contributed by atoms with Crippen LogP contribution in [0.15, 0.2) is 29.3 Å². The zero-order valence-corrected chi connectivity index (χ0v) is 15.8. The van der Waals surface area contributed by atoms with Crippen molar-refractivity contribution in [3.63, 3.8) is 0 Å². The SMILES string of the molecule is CCNC(=NCc1cccc(OCC(=O)N(C)C)c1)NC(C)COC. The lowest BCUT2D eigenvalue weighted by Gasteiger charge is -2.17. The van der Waals surface area contributed by atoms with Crippen LogP contribution in [0.4, 0.5) is 0 Å². The van der Waals surface area contributed by atoms with E-state index in [0.717, 1.165) is 18.1 Å². The lowest BCUT2D eigenvalue weighted by Crippen LogP contribution is -2.43. The summed E-state index contributed by atoms with van der Waals surface area (Å²) < 4.78 is 10.7. The molecular formula is C18H30N4O3. The maximum absolute atomic E-state index is 11.6. The van der Waals surface area contributed by atoms with Crippen molar-refractivity contribution in [3.8, 4) is 5.75 Å². The second-order valence-corrected chi connectivity index (χ2v) is 5.92. The van der Waals surface area contributed by atoms with Gasteiger partial charge in [-0.25, -0.2) is 4.99 Å². The molecule has 7 nitrogen and oxygen atoms in total. The number of nitrogens with zero attached hydrogens (tertiary/aromatic N) is 2. The molecule has 140 valence electrons. The van der Waals surface area contributed by atoms with Gasteiger partial charge >= 0.3 is 0 Å². The first-order valence-electron chi connectivity index (χ1n) is 8.42. The Morgan fingerprint density at radius 3 is 2.76 bits per heavy atom. The second kappa shape index (κ2) is 11.3. The van der Waals surface area contributed by atoms with Gasteiger partial charge in [0.1, 0.15) is 5.75 Å². The van der Waals surface area contributed by atoms with Crippen LogP contribution in [0.2, 0.25) is 0 Å². The van der Waals surface area contributed by atoms with E-state index in [4.69, 9.17) is 9.47 Å². The number of methoxy groups -OCH3 is 1. The minimum absolute atomic E-state index is 0.0262.